The van der Waals surface area contributed by atoms with Crippen LogP contribution in [0.4, 0.5) is 5.69 Å². The summed E-state index contributed by atoms with van der Waals surface area (Å²) in [6, 6.07) is 18.1. The number of amides is 2. The number of hydrogen-bond acceptors (Lipinski definition) is 7. The van der Waals surface area contributed by atoms with Gasteiger partial charge in [-0.25, -0.2) is 0 Å². The number of carbonyl (C=O) groups is 2. The standard InChI is InChI=1S/C28H32N2O6S/c1-18(37-20-11-13-24(34-3)26(17-20)36-5)27(31)30-22-9-7-6-8-21(22)28(32)29-15-14-19-10-12-23(33-2)25(16-19)35-4/h6-13,16-18H,14-15H2,1-5H3,(H,29,32)(H,30,31)/t18-/m1/s1. The van der Waals surface area contributed by atoms with Crippen LogP contribution in [0.2, 0.25) is 0 Å². The van der Waals surface area contributed by atoms with Crippen molar-refractivity contribution in [1.29, 1.82) is 0 Å². The average molecular weight is 525 g/mol. The molecule has 0 aliphatic carbocycles. The molecule has 3 aromatic rings. The zero-order chi connectivity index (χ0) is 26.8. The lowest BCUT2D eigenvalue weighted by atomic mass is 10.1. The number of hydrogen-bond donors (Lipinski definition) is 2. The van der Waals surface area contributed by atoms with Crippen LogP contribution in [0.25, 0.3) is 0 Å². The first-order valence-electron chi connectivity index (χ1n) is 11.7. The van der Waals surface area contributed by atoms with Crippen molar-refractivity contribution in [3.8, 4) is 23.0 Å². The summed E-state index contributed by atoms with van der Waals surface area (Å²) in [4.78, 5) is 26.7. The summed E-state index contributed by atoms with van der Waals surface area (Å²) in [6.45, 7) is 2.23. The molecule has 0 aliphatic rings. The fourth-order valence-corrected chi connectivity index (χ4v) is 4.52. The smallest absolute Gasteiger partial charge is 0.253 e. The van der Waals surface area contributed by atoms with Crippen molar-refractivity contribution in [3.63, 3.8) is 0 Å². The lowest BCUT2D eigenvalue weighted by Crippen LogP contribution is -2.28. The summed E-state index contributed by atoms with van der Waals surface area (Å²) in [5.41, 5.74) is 1.85. The van der Waals surface area contributed by atoms with Crippen molar-refractivity contribution in [1.82, 2.24) is 5.32 Å². The predicted molar refractivity (Wildman–Crippen MR) is 146 cm³/mol. The van der Waals surface area contributed by atoms with E-state index in [1.807, 2.05) is 37.3 Å². The van der Waals surface area contributed by atoms with Crippen LogP contribution >= 0.6 is 11.8 Å². The topological polar surface area (TPSA) is 95.1 Å². The van der Waals surface area contributed by atoms with Crippen molar-refractivity contribution < 1.29 is 28.5 Å². The Bertz CT molecular complexity index is 1230. The Morgan fingerprint density at radius 1 is 0.811 bits per heavy atom. The van der Waals surface area contributed by atoms with Gasteiger partial charge in [0.05, 0.1) is 44.9 Å². The number of benzene rings is 3. The van der Waals surface area contributed by atoms with Gasteiger partial charge in [0.2, 0.25) is 5.91 Å². The molecular formula is C28H32N2O6S. The van der Waals surface area contributed by atoms with E-state index in [2.05, 4.69) is 10.6 Å². The SMILES string of the molecule is COc1ccc(CCNC(=O)c2ccccc2NC(=O)[C@@H](C)Sc2ccc(OC)c(OC)c2)cc1OC. The number of methoxy groups -OCH3 is 4. The van der Waals surface area contributed by atoms with Gasteiger partial charge in [-0.15, -0.1) is 11.8 Å². The van der Waals surface area contributed by atoms with Gasteiger partial charge in [-0.1, -0.05) is 18.2 Å². The predicted octanol–water partition coefficient (Wildman–Crippen LogP) is 4.81. The summed E-state index contributed by atoms with van der Waals surface area (Å²) in [5, 5.41) is 5.40. The number of ether oxygens (including phenoxy) is 4. The van der Waals surface area contributed by atoms with Crippen LogP contribution in [0.15, 0.2) is 65.6 Å². The summed E-state index contributed by atoms with van der Waals surface area (Å²) >= 11 is 1.38. The number of rotatable bonds is 12. The summed E-state index contributed by atoms with van der Waals surface area (Å²) < 4.78 is 21.2. The van der Waals surface area contributed by atoms with Gasteiger partial charge in [0, 0.05) is 11.4 Å². The van der Waals surface area contributed by atoms with Crippen LogP contribution in [0, 0.1) is 0 Å². The maximum Gasteiger partial charge on any atom is 0.253 e. The van der Waals surface area contributed by atoms with E-state index in [-0.39, 0.29) is 11.8 Å². The largest absolute Gasteiger partial charge is 0.493 e. The third kappa shape index (κ3) is 7.33. The molecule has 0 spiro atoms. The molecule has 37 heavy (non-hydrogen) atoms. The molecule has 0 unspecified atom stereocenters. The lowest BCUT2D eigenvalue weighted by Gasteiger charge is -2.16. The molecule has 0 heterocycles. The van der Waals surface area contributed by atoms with Gasteiger partial charge in [0.1, 0.15) is 0 Å². The van der Waals surface area contributed by atoms with Gasteiger partial charge in [-0.3, -0.25) is 9.59 Å². The third-order valence-electron chi connectivity index (χ3n) is 5.61. The minimum Gasteiger partial charge on any atom is -0.493 e. The maximum absolute atomic E-state index is 12.9. The van der Waals surface area contributed by atoms with E-state index in [1.54, 1.807) is 58.8 Å². The van der Waals surface area contributed by atoms with Gasteiger partial charge in [-0.05, 0) is 61.4 Å². The second-order valence-corrected chi connectivity index (χ2v) is 9.42. The zero-order valence-electron chi connectivity index (χ0n) is 21.6. The summed E-state index contributed by atoms with van der Waals surface area (Å²) in [6.07, 6.45) is 0.611. The molecule has 0 radical (unpaired) electrons. The number of carbonyl (C=O) groups excluding carboxylic acids is 2. The van der Waals surface area contributed by atoms with Crippen LogP contribution in [-0.4, -0.2) is 52.0 Å². The maximum atomic E-state index is 12.9. The molecule has 8 nitrogen and oxygen atoms in total. The molecule has 0 aliphatic heterocycles. The van der Waals surface area contributed by atoms with E-state index in [9.17, 15) is 9.59 Å². The summed E-state index contributed by atoms with van der Waals surface area (Å²) in [7, 11) is 6.31. The highest BCUT2D eigenvalue weighted by molar-refractivity contribution is 8.00. The first-order chi connectivity index (χ1) is 17.9. The summed E-state index contributed by atoms with van der Waals surface area (Å²) in [5.74, 6) is 2.02. The van der Waals surface area contributed by atoms with Gasteiger partial charge in [0.25, 0.3) is 5.91 Å². The Labute approximate surface area is 221 Å². The Hall–Kier alpha value is -3.85. The molecule has 1 atom stereocenters. The molecule has 3 rings (SSSR count). The Morgan fingerprint density at radius 2 is 1.43 bits per heavy atom. The Kier molecular flexibility index (Phi) is 10.1. The second kappa shape index (κ2) is 13.5. The Balaban J connectivity index is 1.60. The van der Waals surface area contributed by atoms with Crippen molar-refractivity contribution >= 4 is 29.3 Å². The average Bonchev–Trinajstić information content (AvgIpc) is 2.92. The number of nitrogens with one attached hydrogen (secondary N) is 2. The van der Waals surface area contributed by atoms with Crippen LogP contribution in [-0.2, 0) is 11.2 Å². The van der Waals surface area contributed by atoms with Crippen molar-refractivity contribution in [2.24, 2.45) is 0 Å². The van der Waals surface area contributed by atoms with Crippen LogP contribution < -0.4 is 29.6 Å². The number of thioether (sulfide) groups is 1. The monoisotopic (exact) mass is 524 g/mol. The molecule has 3 aromatic carbocycles. The molecule has 2 N–H and O–H groups in total. The first kappa shape index (κ1) is 27.7. The molecule has 0 bridgehead atoms. The number of anilines is 1. The quantitative estimate of drug-likeness (QED) is 0.328. The Morgan fingerprint density at radius 3 is 2.11 bits per heavy atom. The van der Waals surface area contributed by atoms with E-state index >= 15 is 0 Å². The van der Waals surface area contributed by atoms with Gasteiger partial charge in [-0.2, -0.15) is 0 Å². The van der Waals surface area contributed by atoms with E-state index < -0.39 is 5.25 Å². The van der Waals surface area contributed by atoms with E-state index in [0.717, 1.165) is 10.5 Å². The van der Waals surface area contributed by atoms with E-state index in [1.165, 1.54) is 11.8 Å². The third-order valence-corrected chi connectivity index (χ3v) is 6.71. The van der Waals surface area contributed by atoms with E-state index in [4.69, 9.17) is 18.9 Å². The van der Waals surface area contributed by atoms with Crippen LogP contribution in [0.1, 0.15) is 22.8 Å². The molecule has 9 heteroatoms. The highest BCUT2D eigenvalue weighted by Crippen LogP contribution is 2.34. The van der Waals surface area contributed by atoms with Crippen molar-refractivity contribution in [3.05, 3.63) is 71.8 Å². The first-order valence-corrected chi connectivity index (χ1v) is 12.6. The molecular weight excluding hydrogens is 492 g/mol. The van der Waals surface area contributed by atoms with Gasteiger partial charge < -0.3 is 29.6 Å². The fourth-order valence-electron chi connectivity index (χ4n) is 3.62. The van der Waals surface area contributed by atoms with Crippen LogP contribution in [0.3, 0.4) is 0 Å². The highest BCUT2D eigenvalue weighted by Gasteiger charge is 2.19. The molecule has 2 amide bonds. The van der Waals surface area contributed by atoms with Crippen molar-refractivity contribution in [2.45, 2.75) is 23.5 Å². The minimum absolute atomic E-state index is 0.217. The number of para-hydroxylation sites is 1. The van der Waals surface area contributed by atoms with Gasteiger partial charge in [0.15, 0.2) is 23.0 Å². The molecule has 0 saturated carbocycles. The lowest BCUT2D eigenvalue weighted by molar-refractivity contribution is -0.115. The zero-order valence-corrected chi connectivity index (χ0v) is 22.4. The molecule has 0 fully saturated rings. The van der Waals surface area contributed by atoms with Gasteiger partial charge >= 0.3 is 0 Å². The molecule has 0 saturated heterocycles. The van der Waals surface area contributed by atoms with Crippen LogP contribution in [0.5, 0.6) is 23.0 Å². The molecule has 0 aromatic heterocycles. The molecule has 196 valence electrons. The van der Waals surface area contributed by atoms with Crippen molar-refractivity contribution in [2.75, 3.05) is 40.3 Å². The second-order valence-electron chi connectivity index (χ2n) is 8.01. The fraction of sp³-hybridized carbons (Fsp3) is 0.286. The minimum atomic E-state index is -0.417. The normalized spacial score (nSPS) is 11.3. The highest BCUT2D eigenvalue weighted by atomic mass is 32.2. The van der Waals surface area contributed by atoms with E-state index in [0.29, 0.717) is 47.2 Å².